The predicted octanol–water partition coefficient (Wildman–Crippen LogP) is 0.631. The molecule has 0 bridgehead atoms. The fourth-order valence-corrected chi connectivity index (χ4v) is 3.69. The molecule has 0 radical (unpaired) electrons. The molecule has 3 atom stereocenters. The third kappa shape index (κ3) is 4.59. The topological polar surface area (TPSA) is 125 Å². The first-order valence-corrected chi connectivity index (χ1v) is 10.3. The first-order valence-electron chi connectivity index (χ1n) is 10.3. The van der Waals surface area contributed by atoms with Gasteiger partial charge in [0.05, 0.1) is 12.7 Å². The SMILES string of the molecule is CN(C)c1ccc2cc(C(=O)C#Cc3cn([C@H]4C[C@H](O)[C@@H](CO)O4)c(=O)[nH]c3=O)ccc2c1. The van der Waals surface area contributed by atoms with Crippen molar-refractivity contribution in [3.63, 3.8) is 0 Å². The first-order chi connectivity index (χ1) is 15.8. The van der Waals surface area contributed by atoms with Gasteiger partial charge in [-0.25, -0.2) is 4.79 Å². The molecule has 9 heteroatoms. The van der Waals surface area contributed by atoms with E-state index in [0.29, 0.717) is 5.56 Å². The summed E-state index contributed by atoms with van der Waals surface area (Å²) in [5.41, 5.74) is -0.141. The molecule has 3 N–H and O–H groups in total. The third-order valence-electron chi connectivity index (χ3n) is 5.58. The van der Waals surface area contributed by atoms with Gasteiger partial charge in [-0.05, 0) is 41.0 Å². The number of nitrogens with zero attached hydrogens (tertiary/aromatic N) is 2. The van der Waals surface area contributed by atoms with E-state index in [0.717, 1.165) is 21.0 Å². The fourth-order valence-electron chi connectivity index (χ4n) is 3.69. The van der Waals surface area contributed by atoms with E-state index in [2.05, 4.69) is 16.8 Å². The highest BCUT2D eigenvalue weighted by Crippen LogP contribution is 2.27. The molecule has 0 unspecified atom stereocenters. The smallest absolute Gasteiger partial charge is 0.330 e. The average molecular weight is 449 g/mol. The number of aliphatic hydroxyl groups is 2. The van der Waals surface area contributed by atoms with Gasteiger partial charge in [-0.3, -0.25) is 19.1 Å². The molecule has 2 heterocycles. The van der Waals surface area contributed by atoms with Crippen LogP contribution in [0.1, 0.15) is 28.6 Å². The van der Waals surface area contributed by atoms with E-state index in [4.69, 9.17) is 4.74 Å². The second-order valence-electron chi connectivity index (χ2n) is 8.04. The van der Waals surface area contributed by atoms with Crippen molar-refractivity contribution >= 4 is 22.2 Å². The third-order valence-corrected chi connectivity index (χ3v) is 5.58. The number of ether oxygens (including phenoxy) is 1. The molecule has 1 aromatic heterocycles. The number of carbonyl (C=O) groups is 1. The lowest BCUT2D eigenvalue weighted by Crippen LogP contribution is -2.33. The monoisotopic (exact) mass is 449 g/mol. The highest BCUT2D eigenvalue weighted by Gasteiger charge is 2.35. The van der Waals surface area contributed by atoms with E-state index in [1.807, 2.05) is 43.3 Å². The number of anilines is 1. The lowest BCUT2D eigenvalue weighted by Gasteiger charge is -2.14. The summed E-state index contributed by atoms with van der Waals surface area (Å²) in [6, 6.07) is 11.1. The summed E-state index contributed by atoms with van der Waals surface area (Å²) < 4.78 is 6.56. The molecular weight excluding hydrogens is 426 g/mol. The van der Waals surface area contributed by atoms with Crippen molar-refractivity contribution < 1.29 is 19.7 Å². The van der Waals surface area contributed by atoms with Crippen LogP contribution < -0.4 is 16.1 Å². The largest absolute Gasteiger partial charge is 0.394 e. The number of Topliss-reactive ketones (excluding diaryl/α,β-unsaturated/α-hetero) is 1. The van der Waals surface area contributed by atoms with Crippen LogP contribution in [0.3, 0.4) is 0 Å². The number of rotatable bonds is 4. The second-order valence-corrected chi connectivity index (χ2v) is 8.04. The number of benzene rings is 2. The van der Waals surface area contributed by atoms with E-state index in [-0.39, 0.29) is 12.0 Å². The molecular formula is C24H23N3O6. The van der Waals surface area contributed by atoms with Crippen LogP contribution in [0.5, 0.6) is 0 Å². The number of carbonyl (C=O) groups excluding carboxylic acids is 1. The lowest BCUT2D eigenvalue weighted by molar-refractivity contribution is -0.0459. The van der Waals surface area contributed by atoms with Crippen LogP contribution in [0.15, 0.2) is 52.2 Å². The van der Waals surface area contributed by atoms with Gasteiger partial charge < -0.3 is 19.8 Å². The summed E-state index contributed by atoms with van der Waals surface area (Å²) in [5.74, 6) is 4.51. The predicted molar refractivity (Wildman–Crippen MR) is 122 cm³/mol. The number of aromatic nitrogens is 2. The fraction of sp³-hybridized carbons (Fsp3) is 0.292. The summed E-state index contributed by atoms with van der Waals surface area (Å²) in [6.45, 7) is -0.404. The second kappa shape index (κ2) is 9.03. The van der Waals surface area contributed by atoms with Gasteiger partial charge in [0.1, 0.15) is 17.9 Å². The number of nitrogens with one attached hydrogen (secondary N) is 1. The van der Waals surface area contributed by atoms with Gasteiger partial charge in [-0.15, -0.1) is 0 Å². The van der Waals surface area contributed by atoms with Gasteiger partial charge in [-0.2, -0.15) is 0 Å². The minimum absolute atomic E-state index is 0.0651. The number of aliphatic hydroxyl groups excluding tert-OH is 2. The van der Waals surface area contributed by atoms with Crippen LogP contribution in [-0.4, -0.2) is 58.5 Å². The minimum Gasteiger partial charge on any atom is -0.394 e. The molecule has 33 heavy (non-hydrogen) atoms. The summed E-state index contributed by atoms with van der Waals surface area (Å²) in [5, 5.41) is 21.0. The molecule has 0 aliphatic carbocycles. The molecule has 170 valence electrons. The molecule has 1 aliphatic heterocycles. The zero-order valence-corrected chi connectivity index (χ0v) is 18.1. The van der Waals surface area contributed by atoms with Gasteiger partial charge in [0, 0.05) is 38.0 Å². The summed E-state index contributed by atoms with van der Waals surface area (Å²) >= 11 is 0. The van der Waals surface area contributed by atoms with Gasteiger partial charge in [0.25, 0.3) is 5.56 Å². The van der Waals surface area contributed by atoms with E-state index in [1.54, 1.807) is 12.1 Å². The Morgan fingerprint density at radius 1 is 1.21 bits per heavy atom. The van der Waals surface area contributed by atoms with Crippen LogP contribution in [0.25, 0.3) is 10.8 Å². The number of H-pyrrole nitrogens is 1. The molecule has 1 fully saturated rings. The van der Waals surface area contributed by atoms with Crippen molar-refractivity contribution in [3.05, 3.63) is 74.6 Å². The van der Waals surface area contributed by atoms with Crippen molar-refractivity contribution in [2.45, 2.75) is 24.9 Å². The Morgan fingerprint density at radius 3 is 2.64 bits per heavy atom. The highest BCUT2D eigenvalue weighted by molar-refractivity contribution is 6.11. The summed E-state index contributed by atoms with van der Waals surface area (Å²) in [7, 11) is 3.90. The van der Waals surface area contributed by atoms with Crippen LogP contribution >= 0.6 is 0 Å². The normalized spacial score (nSPS) is 19.8. The van der Waals surface area contributed by atoms with Crippen molar-refractivity contribution in [3.8, 4) is 11.8 Å². The Morgan fingerprint density at radius 2 is 1.94 bits per heavy atom. The Kier molecular flexibility index (Phi) is 6.16. The van der Waals surface area contributed by atoms with Crippen molar-refractivity contribution in [2.24, 2.45) is 0 Å². The number of fused-ring (bicyclic) bond motifs is 1. The van der Waals surface area contributed by atoms with E-state index in [9.17, 15) is 24.6 Å². The average Bonchev–Trinajstić information content (AvgIpc) is 3.17. The van der Waals surface area contributed by atoms with Crippen LogP contribution in [0.2, 0.25) is 0 Å². The van der Waals surface area contributed by atoms with Gasteiger partial charge in [-0.1, -0.05) is 18.1 Å². The van der Waals surface area contributed by atoms with Gasteiger partial charge >= 0.3 is 5.69 Å². The van der Waals surface area contributed by atoms with Gasteiger partial charge in [0.15, 0.2) is 0 Å². The Hall–Kier alpha value is -3.71. The lowest BCUT2D eigenvalue weighted by atomic mass is 10.0. The maximum Gasteiger partial charge on any atom is 0.330 e. The number of ketones is 1. The summed E-state index contributed by atoms with van der Waals surface area (Å²) in [6.07, 6.45) is -1.38. The molecule has 0 amide bonds. The van der Waals surface area contributed by atoms with E-state index < -0.39 is 42.1 Å². The maximum atomic E-state index is 12.6. The molecule has 2 aromatic carbocycles. The van der Waals surface area contributed by atoms with Gasteiger partial charge in [0.2, 0.25) is 5.78 Å². The van der Waals surface area contributed by atoms with Crippen LogP contribution in [-0.2, 0) is 4.74 Å². The Bertz CT molecular complexity index is 1400. The Labute approximate surface area is 188 Å². The molecule has 0 spiro atoms. The molecule has 0 saturated carbocycles. The molecule has 9 nitrogen and oxygen atoms in total. The molecule has 4 rings (SSSR count). The highest BCUT2D eigenvalue weighted by atomic mass is 16.5. The number of hydrogen-bond donors (Lipinski definition) is 3. The van der Waals surface area contributed by atoms with E-state index >= 15 is 0 Å². The zero-order chi connectivity index (χ0) is 23.7. The number of hydrogen-bond acceptors (Lipinski definition) is 7. The molecule has 1 aliphatic rings. The van der Waals surface area contributed by atoms with Crippen molar-refractivity contribution in [1.82, 2.24) is 9.55 Å². The Balaban J connectivity index is 1.61. The van der Waals surface area contributed by atoms with Crippen molar-refractivity contribution in [1.29, 1.82) is 0 Å². The van der Waals surface area contributed by atoms with Crippen LogP contribution in [0.4, 0.5) is 5.69 Å². The van der Waals surface area contributed by atoms with Crippen molar-refractivity contribution in [2.75, 3.05) is 25.6 Å². The minimum atomic E-state index is -0.948. The maximum absolute atomic E-state index is 12.6. The molecule has 1 saturated heterocycles. The number of aromatic amines is 1. The quantitative estimate of drug-likeness (QED) is 0.394. The van der Waals surface area contributed by atoms with E-state index in [1.165, 1.54) is 6.20 Å². The molecule has 3 aromatic rings. The first kappa shape index (κ1) is 22.5. The zero-order valence-electron chi connectivity index (χ0n) is 18.1. The standard InChI is InChI=1S/C24H23N3O6/c1-26(2)18-7-5-14-9-16(4-3-15(14)10-18)19(29)8-6-17-12-27(24(32)25-23(17)31)22-11-20(30)21(13-28)33-22/h3-5,7,9-10,12,20-22,28,30H,11,13H2,1-2H3,(H,25,31,32)/t20-,21+,22+/m0/s1. The summed E-state index contributed by atoms with van der Waals surface area (Å²) in [4.78, 5) is 41.1. The van der Waals surface area contributed by atoms with Crippen LogP contribution in [0, 0.1) is 11.8 Å².